The lowest BCUT2D eigenvalue weighted by atomic mass is 9.97. The largest absolute Gasteiger partial charge is 0.340 e. The number of hydrogen-bond donors (Lipinski definition) is 0. The minimum Gasteiger partial charge on any atom is -0.340 e. The molecule has 1 aliphatic rings. The summed E-state index contributed by atoms with van der Waals surface area (Å²) in [7, 11) is 0. The minimum absolute atomic E-state index is 0.398. The molecule has 0 radical (unpaired) electrons. The predicted octanol–water partition coefficient (Wildman–Crippen LogP) is 3.36. The molecule has 0 aromatic heterocycles. The van der Waals surface area contributed by atoms with E-state index in [-0.39, 0.29) is 0 Å². The quantitative estimate of drug-likeness (QED) is 0.683. The van der Waals surface area contributed by atoms with Gasteiger partial charge in [0.2, 0.25) is 5.91 Å². The van der Waals surface area contributed by atoms with Crippen LogP contribution in [0.4, 0.5) is 0 Å². The van der Waals surface area contributed by atoms with Gasteiger partial charge in [-0.1, -0.05) is 26.7 Å². The highest BCUT2D eigenvalue weighted by molar-refractivity contribution is 5.76. The first kappa shape index (κ1) is 12.5. The number of likely N-dealkylation sites (tertiary alicyclic amines) is 1. The van der Waals surface area contributed by atoms with Crippen molar-refractivity contribution in [3.63, 3.8) is 0 Å². The normalized spacial score (nSPS) is 21.7. The van der Waals surface area contributed by atoms with E-state index in [1.807, 2.05) is 0 Å². The second kappa shape index (κ2) is 6.86. The van der Waals surface area contributed by atoms with Crippen molar-refractivity contribution in [1.82, 2.24) is 4.90 Å². The van der Waals surface area contributed by atoms with Gasteiger partial charge in [0, 0.05) is 19.0 Å². The molecule has 15 heavy (non-hydrogen) atoms. The van der Waals surface area contributed by atoms with Gasteiger partial charge in [0.1, 0.15) is 0 Å². The van der Waals surface area contributed by atoms with Crippen molar-refractivity contribution in [3.05, 3.63) is 0 Å². The van der Waals surface area contributed by atoms with E-state index in [9.17, 15) is 4.79 Å². The predicted molar refractivity (Wildman–Crippen MR) is 63.8 cm³/mol. The minimum atomic E-state index is 0.398. The Morgan fingerprint density at radius 2 is 2.07 bits per heavy atom. The molecule has 1 rings (SSSR count). The van der Waals surface area contributed by atoms with E-state index < -0.39 is 0 Å². The van der Waals surface area contributed by atoms with Gasteiger partial charge >= 0.3 is 0 Å². The zero-order chi connectivity index (χ0) is 11.1. The summed E-state index contributed by atoms with van der Waals surface area (Å²) in [5.74, 6) is 0.398. The number of carbonyl (C=O) groups is 1. The molecule has 0 N–H and O–H groups in total. The highest BCUT2D eigenvalue weighted by Crippen LogP contribution is 2.21. The van der Waals surface area contributed by atoms with Crippen LogP contribution in [0.1, 0.15) is 65.2 Å². The monoisotopic (exact) mass is 211 g/mol. The van der Waals surface area contributed by atoms with Crippen LogP contribution in [-0.2, 0) is 4.79 Å². The molecule has 1 fully saturated rings. The molecule has 1 amide bonds. The van der Waals surface area contributed by atoms with Crippen LogP contribution < -0.4 is 0 Å². The number of amides is 1. The Hall–Kier alpha value is -0.530. The van der Waals surface area contributed by atoms with Gasteiger partial charge < -0.3 is 4.90 Å². The summed E-state index contributed by atoms with van der Waals surface area (Å²) in [6, 6.07) is 0.549. The van der Waals surface area contributed by atoms with E-state index in [0.717, 1.165) is 25.8 Å². The van der Waals surface area contributed by atoms with Crippen LogP contribution in [0, 0.1) is 0 Å². The zero-order valence-electron chi connectivity index (χ0n) is 10.3. The van der Waals surface area contributed by atoms with Gasteiger partial charge in [0.05, 0.1) is 0 Å². The maximum absolute atomic E-state index is 12.0. The zero-order valence-corrected chi connectivity index (χ0v) is 10.3. The SMILES string of the molecule is CCCCC(=O)N1CCCCC1CCC. The first-order valence-corrected chi connectivity index (χ1v) is 6.59. The Labute approximate surface area is 94.0 Å². The molecule has 0 bridgehead atoms. The van der Waals surface area contributed by atoms with Crippen LogP contribution in [-0.4, -0.2) is 23.4 Å². The molecule has 2 heteroatoms. The van der Waals surface area contributed by atoms with E-state index in [0.29, 0.717) is 11.9 Å². The van der Waals surface area contributed by atoms with Crippen molar-refractivity contribution < 1.29 is 4.79 Å². The molecule has 0 spiro atoms. The summed E-state index contributed by atoms with van der Waals surface area (Å²) < 4.78 is 0. The Balaban J connectivity index is 2.43. The summed E-state index contributed by atoms with van der Waals surface area (Å²) in [6.07, 6.45) is 9.06. The Kier molecular flexibility index (Phi) is 5.74. The van der Waals surface area contributed by atoms with Gasteiger partial charge in [-0.15, -0.1) is 0 Å². The molecular formula is C13H25NO. The van der Waals surface area contributed by atoms with Gasteiger partial charge in [0.15, 0.2) is 0 Å². The van der Waals surface area contributed by atoms with Crippen LogP contribution in [0.5, 0.6) is 0 Å². The molecule has 1 unspecified atom stereocenters. The summed E-state index contributed by atoms with van der Waals surface area (Å²) in [5.41, 5.74) is 0. The second-order valence-electron chi connectivity index (χ2n) is 4.63. The van der Waals surface area contributed by atoms with Crippen LogP contribution >= 0.6 is 0 Å². The first-order chi connectivity index (χ1) is 7.29. The van der Waals surface area contributed by atoms with Crippen LogP contribution in [0.3, 0.4) is 0 Å². The van der Waals surface area contributed by atoms with Crippen molar-refractivity contribution in [2.75, 3.05) is 6.54 Å². The molecule has 1 aliphatic heterocycles. The molecule has 0 aliphatic carbocycles. The molecular weight excluding hydrogens is 186 g/mol. The Morgan fingerprint density at radius 1 is 1.27 bits per heavy atom. The van der Waals surface area contributed by atoms with Crippen molar-refractivity contribution in [1.29, 1.82) is 0 Å². The fourth-order valence-corrected chi connectivity index (χ4v) is 2.43. The third-order valence-electron chi connectivity index (χ3n) is 3.31. The molecule has 1 atom stereocenters. The Morgan fingerprint density at radius 3 is 2.73 bits per heavy atom. The van der Waals surface area contributed by atoms with Gasteiger partial charge in [-0.25, -0.2) is 0 Å². The average molecular weight is 211 g/mol. The molecule has 88 valence electrons. The molecule has 2 nitrogen and oxygen atoms in total. The average Bonchev–Trinajstić information content (AvgIpc) is 2.27. The number of nitrogens with zero attached hydrogens (tertiary/aromatic N) is 1. The summed E-state index contributed by atoms with van der Waals surface area (Å²) in [6.45, 7) is 5.36. The number of piperidine rings is 1. The van der Waals surface area contributed by atoms with Crippen molar-refractivity contribution in [3.8, 4) is 0 Å². The Bertz CT molecular complexity index is 189. The second-order valence-corrected chi connectivity index (χ2v) is 4.63. The van der Waals surface area contributed by atoms with Crippen molar-refractivity contribution >= 4 is 5.91 Å². The van der Waals surface area contributed by atoms with Crippen LogP contribution in [0.15, 0.2) is 0 Å². The lowest BCUT2D eigenvalue weighted by molar-refractivity contribution is -0.135. The van der Waals surface area contributed by atoms with Crippen LogP contribution in [0.25, 0.3) is 0 Å². The third-order valence-corrected chi connectivity index (χ3v) is 3.31. The number of unbranched alkanes of at least 4 members (excludes halogenated alkanes) is 1. The molecule has 1 saturated heterocycles. The summed E-state index contributed by atoms with van der Waals surface area (Å²) in [5, 5.41) is 0. The standard InChI is InChI=1S/C13H25NO/c1-3-5-10-13(15)14-11-7-6-9-12(14)8-4-2/h12H,3-11H2,1-2H3. The van der Waals surface area contributed by atoms with Crippen molar-refractivity contribution in [2.45, 2.75) is 71.3 Å². The fraction of sp³-hybridized carbons (Fsp3) is 0.923. The van der Waals surface area contributed by atoms with Gasteiger partial charge in [-0.2, -0.15) is 0 Å². The lowest BCUT2D eigenvalue weighted by Crippen LogP contribution is -2.43. The molecule has 0 aromatic rings. The molecule has 1 heterocycles. The number of rotatable bonds is 5. The van der Waals surface area contributed by atoms with Crippen molar-refractivity contribution in [2.24, 2.45) is 0 Å². The third kappa shape index (κ3) is 3.84. The number of hydrogen-bond acceptors (Lipinski definition) is 1. The first-order valence-electron chi connectivity index (χ1n) is 6.59. The van der Waals surface area contributed by atoms with Crippen LogP contribution in [0.2, 0.25) is 0 Å². The fourth-order valence-electron chi connectivity index (χ4n) is 2.43. The van der Waals surface area contributed by atoms with E-state index in [1.165, 1.54) is 32.1 Å². The van der Waals surface area contributed by atoms with Gasteiger partial charge in [-0.3, -0.25) is 4.79 Å². The smallest absolute Gasteiger partial charge is 0.222 e. The summed E-state index contributed by atoms with van der Waals surface area (Å²) in [4.78, 5) is 14.1. The maximum atomic E-state index is 12.0. The highest BCUT2D eigenvalue weighted by Gasteiger charge is 2.24. The van der Waals surface area contributed by atoms with Gasteiger partial charge in [0.25, 0.3) is 0 Å². The molecule has 0 aromatic carbocycles. The lowest BCUT2D eigenvalue weighted by Gasteiger charge is -2.36. The van der Waals surface area contributed by atoms with Gasteiger partial charge in [-0.05, 0) is 32.1 Å². The van der Waals surface area contributed by atoms with E-state index >= 15 is 0 Å². The topological polar surface area (TPSA) is 20.3 Å². The van der Waals surface area contributed by atoms with E-state index in [2.05, 4.69) is 18.7 Å². The highest BCUT2D eigenvalue weighted by atomic mass is 16.2. The molecule has 0 saturated carbocycles. The van der Waals surface area contributed by atoms with E-state index in [1.54, 1.807) is 0 Å². The maximum Gasteiger partial charge on any atom is 0.222 e. The number of carbonyl (C=O) groups excluding carboxylic acids is 1. The van der Waals surface area contributed by atoms with E-state index in [4.69, 9.17) is 0 Å². The summed E-state index contributed by atoms with van der Waals surface area (Å²) >= 11 is 0.